The lowest BCUT2D eigenvalue weighted by molar-refractivity contribution is -0.143. The van der Waals surface area contributed by atoms with Gasteiger partial charge < -0.3 is 25.8 Å². The first-order valence-corrected chi connectivity index (χ1v) is 10.4. The Morgan fingerprint density at radius 3 is 2.17 bits per heavy atom. The average Bonchev–Trinajstić information content (AvgIpc) is 3.20. The maximum Gasteiger partial charge on any atom is 0.408 e. The third kappa shape index (κ3) is 7.18. The minimum Gasteiger partial charge on any atom is -0.480 e. The second kappa shape index (κ2) is 8.43. The number of carboxylic acids is 1. The zero-order chi connectivity index (χ0) is 22.9. The summed E-state index contributed by atoms with van der Waals surface area (Å²) in [6, 6.07) is -2.18. The van der Waals surface area contributed by atoms with E-state index < -0.39 is 41.6 Å². The predicted molar refractivity (Wildman–Crippen MR) is 110 cm³/mol. The average molecular weight is 426 g/mol. The molecule has 0 radical (unpaired) electrons. The van der Waals surface area contributed by atoms with Crippen LogP contribution in [0.15, 0.2) is 0 Å². The van der Waals surface area contributed by atoms with Crippen molar-refractivity contribution < 1.29 is 29.0 Å². The zero-order valence-electron chi connectivity index (χ0n) is 18.8. The standard InChI is InChI=1S/C21H35N3O6/c1-19(2,3)11-14(23-18(29)30-20(4,5)6)16(26)22-13(17(27)28)9-12-10-21(7-8-21)24-15(12)25/h12-14H,7-11H2,1-6H3,(H,22,26)(H,23,29)(H,24,25)(H,27,28)/t12-,13+,14+/m1/s1. The van der Waals surface area contributed by atoms with Crippen LogP contribution in [-0.2, 0) is 19.1 Å². The molecule has 9 heteroatoms. The number of rotatable bonds is 7. The van der Waals surface area contributed by atoms with E-state index in [9.17, 15) is 24.3 Å². The fraction of sp³-hybridized carbons (Fsp3) is 0.810. The first-order valence-electron chi connectivity index (χ1n) is 10.4. The van der Waals surface area contributed by atoms with E-state index in [1.807, 2.05) is 20.8 Å². The lowest BCUT2D eigenvalue weighted by atomic mass is 9.87. The first-order chi connectivity index (χ1) is 13.6. The maximum atomic E-state index is 12.9. The van der Waals surface area contributed by atoms with Gasteiger partial charge in [-0.25, -0.2) is 9.59 Å². The Morgan fingerprint density at radius 1 is 1.13 bits per heavy atom. The smallest absolute Gasteiger partial charge is 0.408 e. The Morgan fingerprint density at radius 2 is 1.73 bits per heavy atom. The Kier molecular flexibility index (Phi) is 6.73. The summed E-state index contributed by atoms with van der Waals surface area (Å²) >= 11 is 0. The molecular formula is C21H35N3O6. The maximum absolute atomic E-state index is 12.9. The molecule has 9 nitrogen and oxygen atoms in total. The molecule has 170 valence electrons. The molecule has 3 amide bonds. The van der Waals surface area contributed by atoms with Crippen LogP contribution < -0.4 is 16.0 Å². The van der Waals surface area contributed by atoms with Crippen LogP contribution in [0.4, 0.5) is 4.79 Å². The molecule has 1 saturated heterocycles. The van der Waals surface area contributed by atoms with E-state index in [2.05, 4.69) is 16.0 Å². The Hall–Kier alpha value is -2.32. The SMILES string of the molecule is CC(C)(C)C[C@H](NC(=O)OC(C)(C)C)C(=O)N[C@@H](C[C@@H]1CC2(CC2)NC1=O)C(=O)O. The lowest BCUT2D eigenvalue weighted by Crippen LogP contribution is -2.53. The number of hydrogen-bond acceptors (Lipinski definition) is 5. The van der Waals surface area contributed by atoms with Crippen molar-refractivity contribution in [2.45, 2.75) is 96.9 Å². The second-order valence-corrected chi connectivity index (χ2v) is 10.8. The van der Waals surface area contributed by atoms with Crippen molar-refractivity contribution >= 4 is 23.9 Å². The van der Waals surface area contributed by atoms with Crippen LogP contribution in [0.5, 0.6) is 0 Å². The molecule has 0 aromatic heterocycles. The Bertz CT molecular complexity index is 703. The van der Waals surface area contributed by atoms with Gasteiger partial charge in [0.2, 0.25) is 11.8 Å². The van der Waals surface area contributed by atoms with E-state index in [4.69, 9.17) is 4.74 Å². The molecule has 1 heterocycles. The van der Waals surface area contributed by atoms with E-state index in [1.165, 1.54) is 0 Å². The summed E-state index contributed by atoms with van der Waals surface area (Å²) in [5, 5.41) is 17.6. The van der Waals surface area contributed by atoms with Crippen LogP contribution in [0.3, 0.4) is 0 Å². The van der Waals surface area contributed by atoms with Crippen molar-refractivity contribution in [1.82, 2.24) is 16.0 Å². The fourth-order valence-corrected chi connectivity index (χ4v) is 3.70. The molecular weight excluding hydrogens is 390 g/mol. The van der Waals surface area contributed by atoms with Gasteiger partial charge in [0.25, 0.3) is 0 Å². The molecule has 0 unspecified atom stereocenters. The van der Waals surface area contributed by atoms with Gasteiger partial charge in [-0.15, -0.1) is 0 Å². The van der Waals surface area contributed by atoms with Gasteiger partial charge >= 0.3 is 12.1 Å². The fourth-order valence-electron chi connectivity index (χ4n) is 3.70. The van der Waals surface area contributed by atoms with Crippen molar-refractivity contribution in [3.8, 4) is 0 Å². The molecule has 3 atom stereocenters. The van der Waals surface area contributed by atoms with Crippen molar-refractivity contribution in [2.24, 2.45) is 11.3 Å². The molecule has 2 fully saturated rings. The number of aliphatic carboxylic acids is 1. The van der Waals surface area contributed by atoms with E-state index in [0.29, 0.717) is 6.42 Å². The van der Waals surface area contributed by atoms with Crippen LogP contribution in [0.1, 0.15) is 73.6 Å². The topological polar surface area (TPSA) is 134 Å². The highest BCUT2D eigenvalue weighted by atomic mass is 16.6. The molecule has 0 aromatic carbocycles. The van der Waals surface area contributed by atoms with Gasteiger partial charge in [-0.05, 0) is 58.3 Å². The van der Waals surface area contributed by atoms with Crippen molar-refractivity contribution in [3.63, 3.8) is 0 Å². The zero-order valence-corrected chi connectivity index (χ0v) is 18.8. The van der Waals surface area contributed by atoms with Gasteiger partial charge in [-0.2, -0.15) is 0 Å². The number of carbonyl (C=O) groups is 4. The quantitative estimate of drug-likeness (QED) is 0.493. The molecule has 1 aliphatic heterocycles. The highest BCUT2D eigenvalue weighted by Gasteiger charge is 2.52. The number of carboxylic acid groups (broad SMARTS) is 1. The van der Waals surface area contributed by atoms with Gasteiger partial charge in [0.05, 0.1) is 0 Å². The van der Waals surface area contributed by atoms with E-state index in [1.54, 1.807) is 20.8 Å². The van der Waals surface area contributed by atoms with Crippen LogP contribution in [-0.4, -0.2) is 52.2 Å². The summed E-state index contributed by atoms with van der Waals surface area (Å²) in [4.78, 5) is 49.0. The molecule has 0 bridgehead atoms. The number of amides is 3. The van der Waals surface area contributed by atoms with E-state index in [0.717, 1.165) is 12.8 Å². The number of carbonyl (C=O) groups excluding carboxylic acids is 3. The number of ether oxygens (including phenoxy) is 1. The minimum atomic E-state index is -1.22. The highest BCUT2D eigenvalue weighted by molar-refractivity contribution is 5.90. The molecule has 2 aliphatic rings. The molecule has 30 heavy (non-hydrogen) atoms. The van der Waals surface area contributed by atoms with Gasteiger partial charge in [0.15, 0.2) is 0 Å². The summed E-state index contributed by atoms with van der Waals surface area (Å²) in [5.74, 6) is -2.43. The van der Waals surface area contributed by atoms with Crippen molar-refractivity contribution in [2.75, 3.05) is 0 Å². The van der Waals surface area contributed by atoms with Gasteiger partial charge in [-0.3, -0.25) is 9.59 Å². The highest BCUT2D eigenvalue weighted by Crippen LogP contribution is 2.46. The number of nitrogens with one attached hydrogen (secondary N) is 3. The largest absolute Gasteiger partial charge is 0.480 e. The van der Waals surface area contributed by atoms with Gasteiger partial charge in [0, 0.05) is 11.5 Å². The summed E-state index contributed by atoms with van der Waals surface area (Å²) in [7, 11) is 0. The van der Waals surface area contributed by atoms with Gasteiger partial charge in [-0.1, -0.05) is 20.8 Å². The third-order valence-electron chi connectivity index (χ3n) is 5.21. The van der Waals surface area contributed by atoms with Gasteiger partial charge in [0.1, 0.15) is 17.7 Å². The lowest BCUT2D eigenvalue weighted by Gasteiger charge is -2.28. The number of hydrogen-bond donors (Lipinski definition) is 4. The van der Waals surface area contributed by atoms with E-state index in [-0.39, 0.29) is 29.7 Å². The molecule has 4 N–H and O–H groups in total. The monoisotopic (exact) mass is 425 g/mol. The molecule has 2 rings (SSSR count). The van der Waals surface area contributed by atoms with Crippen LogP contribution in [0, 0.1) is 11.3 Å². The second-order valence-electron chi connectivity index (χ2n) is 10.8. The van der Waals surface area contributed by atoms with Crippen molar-refractivity contribution in [3.05, 3.63) is 0 Å². The third-order valence-corrected chi connectivity index (χ3v) is 5.21. The van der Waals surface area contributed by atoms with E-state index >= 15 is 0 Å². The number of alkyl carbamates (subject to hydrolysis) is 1. The molecule has 1 saturated carbocycles. The molecule has 1 aliphatic carbocycles. The summed E-state index contributed by atoms with van der Waals surface area (Å²) in [6.07, 6.45) is 1.97. The predicted octanol–water partition coefficient (Wildman–Crippen LogP) is 1.94. The van der Waals surface area contributed by atoms with Crippen molar-refractivity contribution in [1.29, 1.82) is 0 Å². The Balaban J connectivity index is 2.05. The summed E-state index contributed by atoms with van der Waals surface area (Å²) < 4.78 is 5.24. The minimum absolute atomic E-state index is 0.0172. The normalized spacial score (nSPS) is 22.1. The molecule has 0 aromatic rings. The van der Waals surface area contributed by atoms with Crippen LogP contribution in [0.2, 0.25) is 0 Å². The van der Waals surface area contributed by atoms with Crippen LogP contribution in [0.25, 0.3) is 0 Å². The summed E-state index contributed by atoms with van der Waals surface area (Å²) in [5.41, 5.74) is -1.20. The summed E-state index contributed by atoms with van der Waals surface area (Å²) in [6.45, 7) is 10.9. The first kappa shape index (κ1) is 24.0. The van der Waals surface area contributed by atoms with Crippen LogP contribution >= 0.6 is 0 Å². The Labute approximate surface area is 177 Å². The molecule has 1 spiro atoms.